The van der Waals surface area contributed by atoms with Gasteiger partial charge in [-0.05, 0) is 5.56 Å². The van der Waals surface area contributed by atoms with Crippen molar-refractivity contribution in [1.82, 2.24) is 10.1 Å². The van der Waals surface area contributed by atoms with Crippen LogP contribution in [0.2, 0.25) is 0 Å². The van der Waals surface area contributed by atoms with Gasteiger partial charge in [0.2, 0.25) is 0 Å². The minimum Gasteiger partial charge on any atom is -0.395 e. The van der Waals surface area contributed by atoms with E-state index in [1.165, 1.54) is 11.2 Å². The average molecular weight is 261 g/mol. The Morgan fingerprint density at radius 1 is 1.32 bits per heavy atom. The van der Waals surface area contributed by atoms with Crippen LogP contribution in [0.4, 0.5) is 10.6 Å². The Morgan fingerprint density at radius 3 is 2.74 bits per heavy atom. The first-order valence-electron chi connectivity index (χ1n) is 5.90. The van der Waals surface area contributed by atoms with Crippen molar-refractivity contribution >= 4 is 11.8 Å². The summed E-state index contributed by atoms with van der Waals surface area (Å²) in [7, 11) is 0. The predicted octanol–water partition coefficient (Wildman–Crippen LogP) is 1.70. The normalized spacial score (nSPS) is 10.2. The summed E-state index contributed by atoms with van der Waals surface area (Å²) in [6.45, 7) is 0.572. The number of carbonyl (C=O) groups is 1. The lowest BCUT2D eigenvalue weighted by atomic mass is 10.2. The third-order valence-corrected chi connectivity index (χ3v) is 2.55. The molecule has 2 N–H and O–H groups in total. The number of anilines is 1. The van der Waals surface area contributed by atoms with Crippen LogP contribution in [0.5, 0.6) is 0 Å². The Balaban J connectivity index is 2.00. The van der Waals surface area contributed by atoms with Crippen LogP contribution < -0.4 is 5.32 Å². The molecule has 6 nitrogen and oxygen atoms in total. The molecule has 0 atom stereocenters. The molecule has 0 saturated heterocycles. The number of nitrogens with one attached hydrogen (secondary N) is 1. The number of hydrogen-bond acceptors (Lipinski definition) is 4. The fraction of sp³-hybridized carbons (Fsp3) is 0.231. The lowest BCUT2D eigenvalue weighted by Crippen LogP contribution is -2.36. The van der Waals surface area contributed by atoms with Crippen molar-refractivity contribution in [3.8, 4) is 0 Å². The van der Waals surface area contributed by atoms with Gasteiger partial charge in [-0.1, -0.05) is 35.5 Å². The molecule has 1 heterocycles. The van der Waals surface area contributed by atoms with Gasteiger partial charge in [-0.15, -0.1) is 0 Å². The highest BCUT2D eigenvalue weighted by molar-refractivity contribution is 5.88. The molecule has 0 aliphatic rings. The zero-order valence-electron chi connectivity index (χ0n) is 10.3. The number of urea groups is 1. The molecule has 0 unspecified atom stereocenters. The van der Waals surface area contributed by atoms with E-state index in [1.54, 1.807) is 6.07 Å². The van der Waals surface area contributed by atoms with Gasteiger partial charge < -0.3 is 14.5 Å². The van der Waals surface area contributed by atoms with Crippen LogP contribution in [-0.4, -0.2) is 34.3 Å². The Kier molecular flexibility index (Phi) is 4.52. The number of aliphatic hydroxyl groups is 1. The number of rotatable bonds is 5. The number of aliphatic hydroxyl groups excluding tert-OH is 1. The third kappa shape index (κ3) is 3.82. The Labute approximate surface area is 110 Å². The van der Waals surface area contributed by atoms with Crippen LogP contribution in [0.3, 0.4) is 0 Å². The summed E-state index contributed by atoms with van der Waals surface area (Å²) in [5, 5.41) is 15.2. The molecule has 0 saturated carbocycles. The van der Waals surface area contributed by atoms with Gasteiger partial charge in [0, 0.05) is 19.2 Å². The van der Waals surface area contributed by atoms with E-state index in [4.69, 9.17) is 5.11 Å². The fourth-order valence-electron chi connectivity index (χ4n) is 1.64. The van der Waals surface area contributed by atoms with Gasteiger partial charge in [0.15, 0.2) is 5.82 Å². The number of hydrogen-bond donors (Lipinski definition) is 2. The van der Waals surface area contributed by atoms with Crippen LogP contribution >= 0.6 is 0 Å². The Hall–Kier alpha value is -2.34. The van der Waals surface area contributed by atoms with E-state index < -0.39 is 0 Å². The van der Waals surface area contributed by atoms with E-state index in [2.05, 4.69) is 15.0 Å². The van der Waals surface area contributed by atoms with Crippen molar-refractivity contribution in [3.05, 3.63) is 48.2 Å². The molecule has 1 aromatic heterocycles. The smallest absolute Gasteiger partial charge is 0.323 e. The van der Waals surface area contributed by atoms with Gasteiger partial charge in [0.05, 0.1) is 6.61 Å². The van der Waals surface area contributed by atoms with E-state index in [9.17, 15) is 4.79 Å². The third-order valence-electron chi connectivity index (χ3n) is 2.55. The number of carbonyl (C=O) groups excluding carboxylic acids is 1. The summed E-state index contributed by atoms with van der Waals surface area (Å²) < 4.78 is 4.64. The first-order chi connectivity index (χ1) is 9.29. The molecule has 0 aliphatic heterocycles. The van der Waals surface area contributed by atoms with Crippen LogP contribution in [0, 0.1) is 0 Å². The average Bonchev–Trinajstić information content (AvgIpc) is 2.92. The Morgan fingerprint density at radius 2 is 2.11 bits per heavy atom. The SMILES string of the molecule is O=C(Nc1ccon1)N(CCO)Cc1ccccc1. The van der Waals surface area contributed by atoms with Crippen molar-refractivity contribution in [2.24, 2.45) is 0 Å². The first-order valence-corrected chi connectivity index (χ1v) is 5.90. The summed E-state index contributed by atoms with van der Waals surface area (Å²) >= 11 is 0. The topological polar surface area (TPSA) is 78.6 Å². The van der Waals surface area contributed by atoms with E-state index in [0.717, 1.165) is 5.56 Å². The molecule has 6 heteroatoms. The van der Waals surface area contributed by atoms with E-state index in [1.807, 2.05) is 30.3 Å². The van der Waals surface area contributed by atoms with Crippen LogP contribution in [0.25, 0.3) is 0 Å². The van der Waals surface area contributed by atoms with E-state index in [0.29, 0.717) is 12.4 Å². The van der Waals surface area contributed by atoms with Crippen LogP contribution in [0.1, 0.15) is 5.56 Å². The lowest BCUT2D eigenvalue weighted by Gasteiger charge is -2.21. The van der Waals surface area contributed by atoms with Crippen molar-refractivity contribution in [2.75, 3.05) is 18.5 Å². The molecule has 0 aliphatic carbocycles. The predicted molar refractivity (Wildman–Crippen MR) is 69.5 cm³/mol. The molecule has 2 aromatic rings. The lowest BCUT2D eigenvalue weighted by molar-refractivity contribution is 0.185. The van der Waals surface area contributed by atoms with Gasteiger partial charge in [-0.2, -0.15) is 0 Å². The minimum atomic E-state index is -0.327. The minimum absolute atomic E-state index is 0.0981. The highest BCUT2D eigenvalue weighted by Gasteiger charge is 2.14. The molecular formula is C13H15N3O3. The van der Waals surface area contributed by atoms with E-state index in [-0.39, 0.29) is 19.2 Å². The largest absolute Gasteiger partial charge is 0.395 e. The summed E-state index contributed by atoms with van der Waals surface area (Å²) in [4.78, 5) is 13.5. The Bertz CT molecular complexity index is 499. The van der Waals surface area contributed by atoms with Crippen LogP contribution in [-0.2, 0) is 6.54 Å². The standard InChI is InChI=1S/C13H15N3O3/c17-8-7-16(10-11-4-2-1-3-5-11)13(18)14-12-6-9-19-15-12/h1-6,9,17H,7-8,10H2,(H,14,15,18). The second-order valence-corrected chi connectivity index (χ2v) is 3.95. The number of nitrogens with zero attached hydrogens (tertiary/aromatic N) is 2. The maximum Gasteiger partial charge on any atom is 0.323 e. The molecule has 2 amide bonds. The van der Waals surface area contributed by atoms with Crippen molar-refractivity contribution in [1.29, 1.82) is 0 Å². The second-order valence-electron chi connectivity index (χ2n) is 3.95. The zero-order chi connectivity index (χ0) is 13.5. The van der Waals surface area contributed by atoms with Gasteiger partial charge in [-0.25, -0.2) is 4.79 Å². The molecule has 0 fully saturated rings. The van der Waals surface area contributed by atoms with Gasteiger partial charge in [0.1, 0.15) is 6.26 Å². The molecule has 0 spiro atoms. The molecular weight excluding hydrogens is 246 g/mol. The monoisotopic (exact) mass is 261 g/mol. The van der Waals surface area contributed by atoms with Gasteiger partial charge in [0.25, 0.3) is 0 Å². The highest BCUT2D eigenvalue weighted by atomic mass is 16.5. The second kappa shape index (κ2) is 6.55. The maximum atomic E-state index is 12.0. The summed E-state index contributed by atoms with van der Waals surface area (Å²) in [5.74, 6) is 0.348. The number of aromatic nitrogens is 1. The highest BCUT2D eigenvalue weighted by Crippen LogP contribution is 2.08. The van der Waals surface area contributed by atoms with Crippen molar-refractivity contribution in [3.63, 3.8) is 0 Å². The number of benzene rings is 1. The quantitative estimate of drug-likeness (QED) is 0.858. The molecule has 100 valence electrons. The molecule has 19 heavy (non-hydrogen) atoms. The molecule has 1 aromatic carbocycles. The summed E-state index contributed by atoms with van der Waals surface area (Å²) in [5.41, 5.74) is 0.992. The van der Waals surface area contributed by atoms with E-state index >= 15 is 0 Å². The van der Waals surface area contributed by atoms with Gasteiger partial charge >= 0.3 is 6.03 Å². The molecule has 0 bridgehead atoms. The van der Waals surface area contributed by atoms with Crippen LogP contribution in [0.15, 0.2) is 47.2 Å². The van der Waals surface area contributed by atoms with Gasteiger partial charge in [-0.3, -0.25) is 5.32 Å². The molecule has 0 radical (unpaired) electrons. The maximum absolute atomic E-state index is 12.0. The van der Waals surface area contributed by atoms with Crippen molar-refractivity contribution in [2.45, 2.75) is 6.54 Å². The fourth-order valence-corrected chi connectivity index (χ4v) is 1.64. The van der Waals surface area contributed by atoms with Crippen molar-refractivity contribution < 1.29 is 14.4 Å². The first kappa shape index (κ1) is 13.1. The summed E-state index contributed by atoms with van der Waals surface area (Å²) in [6.07, 6.45) is 1.38. The molecule has 2 rings (SSSR count). The number of amides is 2. The summed E-state index contributed by atoms with van der Waals surface area (Å²) in [6, 6.07) is 10.8. The zero-order valence-corrected chi connectivity index (χ0v) is 10.3.